The molecule has 2 N–H and O–H groups in total. The van der Waals surface area contributed by atoms with Gasteiger partial charge in [-0.2, -0.15) is 4.31 Å². The van der Waals surface area contributed by atoms with Crippen LogP contribution in [0.1, 0.15) is 35.2 Å². The number of carbonyl (C=O) groups excluding carboxylic acids is 2. The van der Waals surface area contributed by atoms with Crippen molar-refractivity contribution in [1.29, 1.82) is 0 Å². The lowest BCUT2D eigenvalue weighted by Crippen LogP contribution is -2.40. The number of rotatable bonds is 10. The molecule has 2 aliphatic heterocycles. The van der Waals surface area contributed by atoms with Crippen LogP contribution in [0.3, 0.4) is 0 Å². The second kappa shape index (κ2) is 12.5. The molecule has 37 heavy (non-hydrogen) atoms. The van der Waals surface area contributed by atoms with Crippen molar-refractivity contribution >= 4 is 27.5 Å². The second-order valence-electron chi connectivity index (χ2n) is 8.93. The summed E-state index contributed by atoms with van der Waals surface area (Å²) in [6.45, 7) is 2.44. The molecule has 2 heterocycles. The fourth-order valence-electron chi connectivity index (χ4n) is 4.40. The summed E-state index contributed by atoms with van der Waals surface area (Å²) in [6, 6.07) is 11.5. The highest BCUT2D eigenvalue weighted by molar-refractivity contribution is 7.89. The average Bonchev–Trinajstić information content (AvgIpc) is 3.45. The number of morpholine rings is 1. The molecule has 0 aliphatic carbocycles. The smallest absolute Gasteiger partial charge is 0.253 e. The van der Waals surface area contributed by atoms with Gasteiger partial charge in [0.25, 0.3) is 5.91 Å². The molecule has 2 fully saturated rings. The van der Waals surface area contributed by atoms with Gasteiger partial charge in [-0.05, 0) is 55.2 Å². The maximum Gasteiger partial charge on any atom is 0.253 e. The quantitative estimate of drug-likeness (QED) is 0.482. The highest BCUT2D eigenvalue weighted by Gasteiger charge is 2.27. The molecule has 4 rings (SSSR count). The molecule has 0 spiro atoms. The van der Waals surface area contributed by atoms with Crippen LogP contribution in [0.4, 0.5) is 5.69 Å². The number of benzene rings is 2. The van der Waals surface area contributed by atoms with Gasteiger partial charge in [-0.15, -0.1) is 0 Å². The minimum absolute atomic E-state index is 0.0171. The number of para-hydroxylation sites is 1. The number of nitrogens with zero attached hydrogens (tertiary/aromatic N) is 1. The molecule has 0 radical (unpaired) electrons. The van der Waals surface area contributed by atoms with Crippen molar-refractivity contribution in [1.82, 2.24) is 9.62 Å². The maximum atomic E-state index is 13.1. The van der Waals surface area contributed by atoms with Crippen LogP contribution in [0.15, 0.2) is 47.4 Å². The first-order chi connectivity index (χ1) is 17.9. The largest absolute Gasteiger partial charge is 0.496 e. The average molecular weight is 532 g/mol. The van der Waals surface area contributed by atoms with Crippen LogP contribution in [-0.4, -0.2) is 77.2 Å². The van der Waals surface area contributed by atoms with E-state index in [2.05, 4.69) is 10.6 Å². The number of ether oxygens (including phenoxy) is 3. The van der Waals surface area contributed by atoms with Gasteiger partial charge in [0, 0.05) is 32.7 Å². The zero-order valence-electron chi connectivity index (χ0n) is 20.9. The Morgan fingerprint density at radius 2 is 1.89 bits per heavy atom. The van der Waals surface area contributed by atoms with E-state index in [1.54, 1.807) is 36.4 Å². The fraction of sp³-hybridized carbons (Fsp3) is 0.462. The summed E-state index contributed by atoms with van der Waals surface area (Å²) in [4.78, 5) is 25.7. The van der Waals surface area contributed by atoms with E-state index in [1.807, 2.05) is 0 Å². The van der Waals surface area contributed by atoms with Crippen molar-refractivity contribution in [3.05, 3.63) is 53.6 Å². The number of hydrogen-bond donors (Lipinski definition) is 2. The normalized spacial score (nSPS) is 18.4. The number of sulfonamides is 1. The van der Waals surface area contributed by atoms with E-state index in [9.17, 15) is 18.0 Å². The summed E-state index contributed by atoms with van der Waals surface area (Å²) in [5.74, 6) is -0.0837. The molecule has 0 bridgehead atoms. The minimum atomic E-state index is -3.68. The van der Waals surface area contributed by atoms with Crippen LogP contribution in [-0.2, 0) is 30.7 Å². The molecule has 1 unspecified atom stereocenters. The summed E-state index contributed by atoms with van der Waals surface area (Å²) < 4.78 is 43.7. The number of anilines is 1. The van der Waals surface area contributed by atoms with Gasteiger partial charge in [-0.25, -0.2) is 8.42 Å². The van der Waals surface area contributed by atoms with Crippen LogP contribution < -0.4 is 15.4 Å². The fourth-order valence-corrected chi connectivity index (χ4v) is 5.86. The van der Waals surface area contributed by atoms with Gasteiger partial charge in [-0.3, -0.25) is 9.59 Å². The first-order valence-corrected chi connectivity index (χ1v) is 13.9. The van der Waals surface area contributed by atoms with E-state index in [4.69, 9.17) is 14.2 Å². The van der Waals surface area contributed by atoms with Gasteiger partial charge in [0.15, 0.2) is 0 Å². The highest BCUT2D eigenvalue weighted by Crippen LogP contribution is 2.26. The monoisotopic (exact) mass is 531 g/mol. The summed E-state index contributed by atoms with van der Waals surface area (Å²) in [7, 11) is -2.18. The van der Waals surface area contributed by atoms with Crippen LogP contribution in [0, 0.1) is 0 Å². The number of amides is 2. The lowest BCUT2D eigenvalue weighted by Gasteiger charge is -2.26. The number of aryl methyl sites for hydroxylation is 1. The van der Waals surface area contributed by atoms with E-state index in [-0.39, 0.29) is 35.7 Å². The molecule has 11 heteroatoms. The Morgan fingerprint density at radius 1 is 1.11 bits per heavy atom. The Bertz CT molecular complexity index is 1210. The van der Waals surface area contributed by atoms with E-state index in [1.165, 1.54) is 17.5 Å². The third kappa shape index (κ3) is 6.86. The van der Waals surface area contributed by atoms with Crippen molar-refractivity contribution in [3.63, 3.8) is 0 Å². The van der Waals surface area contributed by atoms with Gasteiger partial charge < -0.3 is 24.8 Å². The SMILES string of the molecule is COc1ccc(S(=O)(=O)N2CCOCC2)cc1CCC(=O)Nc1ccccc1C(=O)NCC1CCCO1. The van der Waals surface area contributed by atoms with Crippen molar-refractivity contribution in [2.45, 2.75) is 36.7 Å². The van der Waals surface area contributed by atoms with E-state index in [0.29, 0.717) is 62.0 Å². The predicted octanol–water partition coefficient (Wildman–Crippen LogP) is 2.20. The minimum Gasteiger partial charge on any atom is -0.496 e. The van der Waals surface area contributed by atoms with E-state index < -0.39 is 10.0 Å². The predicted molar refractivity (Wildman–Crippen MR) is 137 cm³/mol. The Labute approximate surface area is 217 Å². The van der Waals surface area contributed by atoms with Crippen molar-refractivity contribution in [3.8, 4) is 5.75 Å². The topological polar surface area (TPSA) is 123 Å². The molecule has 0 aromatic heterocycles. The summed E-state index contributed by atoms with van der Waals surface area (Å²) in [6.07, 6.45) is 2.25. The van der Waals surface area contributed by atoms with Gasteiger partial charge in [0.05, 0.1) is 42.6 Å². The highest BCUT2D eigenvalue weighted by atomic mass is 32.2. The molecule has 0 saturated carbocycles. The Morgan fingerprint density at radius 3 is 2.62 bits per heavy atom. The van der Waals surface area contributed by atoms with Gasteiger partial charge in [-0.1, -0.05) is 12.1 Å². The van der Waals surface area contributed by atoms with Crippen molar-refractivity contribution in [2.24, 2.45) is 0 Å². The Balaban J connectivity index is 1.40. The zero-order valence-corrected chi connectivity index (χ0v) is 21.7. The number of nitrogens with one attached hydrogen (secondary N) is 2. The number of carbonyl (C=O) groups is 2. The maximum absolute atomic E-state index is 13.1. The first kappa shape index (κ1) is 27.1. The molecule has 200 valence electrons. The lowest BCUT2D eigenvalue weighted by atomic mass is 10.1. The van der Waals surface area contributed by atoms with Crippen LogP contribution >= 0.6 is 0 Å². The molecule has 2 aromatic carbocycles. The zero-order chi connectivity index (χ0) is 26.3. The van der Waals surface area contributed by atoms with Crippen molar-refractivity contribution < 1.29 is 32.2 Å². The Hall–Kier alpha value is -2.99. The molecule has 1 atom stereocenters. The van der Waals surface area contributed by atoms with Crippen LogP contribution in [0.2, 0.25) is 0 Å². The van der Waals surface area contributed by atoms with Crippen LogP contribution in [0.25, 0.3) is 0 Å². The molecule has 10 nitrogen and oxygen atoms in total. The third-order valence-electron chi connectivity index (χ3n) is 6.44. The summed E-state index contributed by atoms with van der Waals surface area (Å²) in [5, 5.41) is 5.69. The van der Waals surface area contributed by atoms with Crippen LogP contribution in [0.5, 0.6) is 5.75 Å². The molecular formula is C26H33N3O7S. The molecular weight excluding hydrogens is 498 g/mol. The van der Waals surface area contributed by atoms with Gasteiger partial charge >= 0.3 is 0 Å². The Kier molecular flexibility index (Phi) is 9.14. The lowest BCUT2D eigenvalue weighted by molar-refractivity contribution is -0.116. The number of hydrogen-bond acceptors (Lipinski definition) is 7. The number of methoxy groups -OCH3 is 1. The van der Waals surface area contributed by atoms with Crippen molar-refractivity contribution in [2.75, 3.05) is 51.9 Å². The molecule has 2 aliphatic rings. The third-order valence-corrected chi connectivity index (χ3v) is 8.34. The molecule has 2 aromatic rings. The molecule has 2 amide bonds. The second-order valence-corrected chi connectivity index (χ2v) is 10.9. The van der Waals surface area contributed by atoms with Gasteiger partial charge in [0.2, 0.25) is 15.9 Å². The van der Waals surface area contributed by atoms with E-state index in [0.717, 1.165) is 12.8 Å². The van der Waals surface area contributed by atoms with E-state index >= 15 is 0 Å². The summed E-state index contributed by atoms with van der Waals surface area (Å²) >= 11 is 0. The molecule has 2 saturated heterocycles. The first-order valence-electron chi connectivity index (χ1n) is 12.4. The van der Waals surface area contributed by atoms with Gasteiger partial charge in [0.1, 0.15) is 5.75 Å². The standard InChI is InChI=1S/C26H33N3O7S/c1-34-24-10-9-21(37(32,33)29-12-15-35-16-13-29)17-19(24)8-11-25(30)28-23-7-3-2-6-22(23)26(31)27-18-20-5-4-14-36-20/h2-3,6-7,9-10,17,20H,4-5,8,11-16,18H2,1H3,(H,27,31)(H,28,30). The summed E-state index contributed by atoms with van der Waals surface area (Å²) in [5.41, 5.74) is 1.38.